The Morgan fingerprint density at radius 1 is 1.39 bits per heavy atom. The first-order valence-corrected chi connectivity index (χ1v) is 7.59. The molecule has 0 spiro atoms. The zero-order valence-electron chi connectivity index (χ0n) is 11.6. The fourth-order valence-corrected chi connectivity index (χ4v) is 2.94. The zero-order valence-corrected chi connectivity index (χ0v) is 11.6. The molecule has 0 aliphatic heterocycles. The van der Waals surface area contributed by atoms with Crippen molar-refractivity contribution in [3.8, 4) is 0 Å². The molecule has 2 N–H and O–H groups in total. The Kier molecular flexibility index (Phi) is 5.24. The monoisotopic (exact) mass is 249 g/mol. The second-order valence-electron chi connectivity index (χ2n) is 5.67. The van der Waals surface area contributed by atoms with Gasteiger partial charge in [-0.05, 0) is 44.6 Å². The third-order valence-corrected chi connectivity index (χ3v) is 4.03. The first kappa shape index (κ1) is 13.6. The molecule has 0 amide bonds. The molecule has 0 bridgehead atoms. The van der Waals surface area contributed by atoms with Gasteiger partial charge in [-0.3, -0.25) is 4.68 Å². The smallest absolute Gasteiger partial charge is 0.0624 e. The van der Waals surface area contributed by atoms with Crippen LogP contribution in [-0.4, -0.2) is 15.8 Å². The lowest BCUT2D eigenvalue weighted by atomic mass is 10.1. The fourth-order valence-electron chi connectivity index (χ4n) is 2.94. The molecular weight excluding hydrogens is 222 g/mol. The molecule has 1 heterocycles. The average molecular weight is 249 g/mol. The van der Waals surface area contributed by atoms with Crippen molar-refractivity contribution < 1.29 is 0 Å². The number of nitrogens with zero attached hydrogens (tertiary/aromatic N) is 2. The Hall–Kier alpha value is -0.830. The van der Waals surface area contributed by atoms with E-state index in [1.54, 1.807) is 0 Å². The van der Waals surface area contributed by atoms with Crippen LogP contribution in [0.1, 0.15) is 70.0 Å². The van der Waals surface area contributed by atoms with E-state index in [1.165, 1.54) is 44.2 Å². The van der Waals surface area contributed by atoms with E-state index in [0.717, 1.165) is 19.3 Å². The van der Waals surface area contributed by atoms with Gasteiger partial charge in [0.25, 0.3) is 0 Å². The third-order valence-electron chi connectivity index (χ3n) is 4.03. The van der Waals surface area contributed by atoms with E-state index in [-0.39, 0.29) is 0 Å². The molecule has 1 aliphatic carbocycles. The van der Waals surface area contributed by atoms with Crippen molar-refractivity contribution in [3.63, 3.8) is 0 Å². The quantitative estimate of drug-likeness (QED) is 0.804. The fraction of sp³-hybridized carbons (Fsp3) is 0.800. The van der Waals surface area contributed by atoms with E-state index in [2.05, 4.69) is 23.9 Å². The predicted molar refractivity (Wildman–Crippen MR) is 75.6 cm³/mol. The van der Waals surface area contributed by atoms with E-state index in [1.807, 2.05) is 0 Å². The third kappa shape index (κ3) is 3.84. The molecule has 1 unspecified atom stereocenters. The highest BCUT2D eigenvalue weighted by molar-refractivity contribution is 5.00. The Morgan fingerprint density at radius 2 is 2.17 bits per heavy atom. The Labute approximate surface area is 111 Å². The van der Waals surface area contributed by atoms with Gasteiger partial charge in [-0.2, -0.15) is 5.10 Å². The van der Waals surface area contributed by atoms with Crippen LogP contribution in [0.2, 0.25) is 0 Å². The largest absolute Gasteiger partial charge is 0.328 e. The van der Waals surface area contributed by atoms with E-state index in [9.17, 15) is 0 Å². The molecule has 1 aliphatic rings. The first-order valence-electron chi connectivity index (χ1n) is 7.59. The second kappa shape index (κ2) is 6.93. The Bertz CT molecular complexity index is 339. The molecular formula is C15H27N3. The van der Waals surface area contributed by atoms with E-state index >= 15 is 0 Å². The topological polar surface area (TPSA) is 43.8 Å². The summed E-state index contributed by atoms with van der Waals surface area (Å²) in [6.45, 7) is 2.20. The minimum Gasteiger partial charge on any atom is -0.328 e. The molecule has 1 fully saturated rings. The van der Waals surface area contributed by atoms with Crippen LogP contribution in [0.4, 0.5) is 0 Å². The molecule has 0 radical (unpaired) electrons. The molecule has 102 valence electrons. The van der Waals surface area contributed by atoms with Crippen molar-refractivity contribution >= 4 is 0 Å². The molecule has 1 aromatic heterocycles. The lowest BCUT2D eigenvalue weighted by Gasteiger charge is -2.10. The van der Waals surface area contributed by atoms with Gasteiger partial charge in [0, 0.05) is 12.2 Å². The second-order valence-corrected chi connectivity index (χ2v) is 5.67. The van der Waals surface area contributed by atoms with Crippen LogP contribution in [0.3, 0.4) is 0 Å². The molecule has 1 atom stereocenters. The van der Waals surface area contributed by atoms with Crippen LogP contribution in [0.5, 0.6) is 0 Å². The molecule has 1 saturated carbocycles. The van der Waals surface area contributed by atoms with Crippen LogP contribution in [0.15, 0.2) is 12.3 Å². The number of aromatic nitrogens is 2. The maximum Gasteiger partial charge on any atom is 0.0624 e. The van der Waals surface area contributed by atoms with Crippen LogP contribution < -0.4 is 5.73 Å². The minimum atomic E-state index is 0.381. The standard InChI is InChI=1S/C15H27N3/c1-2-6-13(16)7-5-8-14-11-12-18(17-14)15-9-3-4-10-15/h11-13,15H,2-10,16H2,1H3. The molecule has 3 heteroatoms. The summed E-state index contributed by atoms with van der Waals surface area (Å²) in [5, 5.41) is 4.71. The van der Waals surface area contributed by atoms with E-state index < -0.39 is 0 Å². The van der Waals surface area contributed by atoms with Gasteiger partial charge in [-0.25, -0.2) is 0 Å². The van der Waals surface area contributed by atoms with Gasteiger partial charge in [0.1, 0.15) is 0 Å². The maximum atomic E-state index is 6.03. The van der Waals surface area contributed by atoms with Gasteiger partial charge in [0.15, 0.2) is 0 Å². The Morgan fingerprint density at radius 3 is 2.89 bits per heavy atom. The highest BCUT2D eigenvalue weighted by Gasteiger charge is 2.17. The summed E-state index contributed by atoms with van der Waals surface area (Å²) in [4.78, 5) is 0. The van der Waals surface area contributed by atoms with Crippen LogP contribution in [-0.2, 0) is 6.42 Å². The molecule has 1 aromatic rings. The number of rotatable bonds is 7. The van der Waals surface area contributed by atoms with Gasteiger partial charge in [-0.1, -0.05) is 26.2 Å². The maximum absolute atomic E-state index is 6.03. The molecule has 0 saturated heterocycles. The van der Waals surface area contributed by atoms with E-state index in [4.69, 9.17) is 10.8 Å². The summed E-state index contributed by atoms with van der Waals surface area (Å²) in [5.74, 6) is 0. The highest BCUT2D eigenvalue weighted by Crippen LogP contribution is 2.28. The summed E-state index contributed by atoms with van der Waals surface area (Å²) >= 11 is 0. The summed E-state index contributed by atoms with van der Waals surface area (Å²) in [6, 6.07) is 3.23. The summed E-state index contributed by atoms with van der Waals surface area (Å²) in [5.41, 5.74) is 7.27. The van der Waals surface area contributed by atoms with Gasteiger partial charge >= 0.3 is 0 Å². The summed E-state index contributed by atoms with van der Waals surface area (Å²) < 4.78 is 2.19. The van der Waals surface area contributed by atoms with Crippen molar-refractivity contribution in [3.05, 3.63) is 18.0 Å². The van der Waals surface area contributed by atoms with Gasteiger partial charge < -0.3 is 5.73 Å². The normalized spacial score (nSPS) is 18.3. The molecule has 0 aromatic carbocycles. The van der Waals surface area contributed by atoms with Crippen LogP contribution in [0, 0.1) is 0 Å². The van der Waals surface area contributed by atoms with Crippen molar-refractivity contribution in [1.82, 2.24) is 9.78 Å². The van der Waals surface area contributed by atoms with Crippen LogP contribution >= 0.6 is 0 Å². The van der Waals surface area contributed by atoms with Crippen molar-refractivity contribution in [1.29, 1.82) is 0 Å². The average Bonchev–Trinajstić information content (AvgIpc) is 2.99. The zero-order chi connectivity index (χ0) is 12.8. The first-order chi connectivity index (χ1) is 8.79. The molecule has 3 nitrogen and oxygen atoms in total. The van der Waals surface area contributed by atoms with Gasteiger partial charge in [0.2, 0.25) is 0 Å². The predicted octanol–water partition coefficient (Wildman–Crippen LogP) is 3.45. The van der Waals surface area contributed by atoms with Crippen molar-refractivity contribution in [2.75, 3.05) is 0 Å². The lowest BCUT2D eigenvalue weighted by Crippen LogP contribution is -2.19. The SMILES string of the molecule is CCCC(N)CCCc1ccn(C2CCCC2)n1. The number of nitrogens with two attached hydrogens (primary N) is 1. The van der Waals surface area contributed by atoms with Crippen molar-refractivity contribution in [2.24, 2.45) is 5.73 Å². The van der Waals surface area contributed by atoms with Crippen LogP contribution in [0.25, 0.3) is 0 Å². The van der Waals surface area contributed by atoms with Gasteiger partial charge in [0.05, 0.1) is 11.7 Å². The van der Waals surface area contributed by atoms with Crippen molar-refractivity contribution in [2.45, 2.75) is 76.8 Å². The Balaban J connectivity index is 1.73. The van der Waals surface area contributed by atoms with E-state index in [0.29, 0.717) is 12.1 Å². The molecule has 2 rings (SSSR count). The van der Waals surface area contributed by atoms with Gasteiger partial charge in [-0.15, -0.1) is 0 Å². The number of aryl methyl sites for hydroxylation is 1. The minimum absolute atomic E-state index is 0.381. The number of hydrogen-bond acceptors (Lipinski definition) is 2. The number of hydrogen-bond donors (Lipinski definition) is 1. The summed E-state index contributed by atoms with van der Waals surface area (Å²) in [7, 11) is 0. The highest BCUT2D eigenvalue weighted by atomic mass is 15.3. The molecule has 18 heavy (non-hydrogen) atoms. The lowest BCUT2D eigenvalue weighted by molar-refractivity contribution is 0.460. The summed E-state index contributed by atoms with van der Waals surface area (Å²) in [6.07, 6.45) is 13.2.